The van der Waals surface area contributed by atoms with Gasteiger partial charge in [-0.2, -0.15) is 9.57 Å². The van der Waals surface area contributed by atoms with Crippen molar-refractivity contribution in [1.29, 1.82) is 5.26 Å². The van der Waals surface area contributed by atoms with Crippen LogP contribution in [0.3, 0.4) is 0 Å². The molecule has 27 heavy (non-hydrogen) atoms. The van der Waals surface area contributed by atoms with E-state index in [-0.39, 0.29) is 5.54 Å². The molecule has 6 heteroatoms. The number of piperazine rings is 1. The van der Waals surface area contributed by atoms with Crippen molar-refractivity contribution in [3.63, 3.8) is 0 Å². The quantitative estimate of drug-likeness (QED) is 0.814. The van der Waals surface area contributed by atoms with Gasteiger partial charge >= 0.3 is 0 Å². The summed E-state index contributed by atoms with van der Waals surface area (Å²) < 4.78 is 27.3. The van der Waals surface area contributed by atoms with E-state index in [0.717, 1.165) is 11.1 Å². The molecule has 1 fully saturated rings. The Kier molecular flexibility index (Phi) is 5.38. The average molecular weight is 384 g/mol. The van der Waals surface area contributed by atoms with Crippen molar-refractivity contribution in [2.24, 2.45) is 0 Å². The zero-order chi connectivity index (χ0) is 19.7. The Balaban J connectivity index is 1.72. The molecular weight excluding hydrogens is 358 g/mol. The first-order chi connectivity index (χ1) is 12.7. The van der Waals surface area contributed by atoms with Crippen molar-refractivity contribution in [3.8, 4) is 6.07 Å². The van der Waals surface area contributed by atoms with Gasteiger partial charge in [0.05, 0.1) is 16.5 Å². The summed E-state index contributed by atoms with van der Waals surface area (Å²) in [7, 11) is -3.45. The van der Waals surface area contributed by atoms with Crippen LogP contribution in [0.2, 0.25) is 0 Å². The van der Waals surface area contributed by atoms with Crippen molar-refractivity contribution < 1.29 is 8.42 Å². The first kappa shape index (κ1) is 19.6. The smallest absolute Gasteiger partial charge is 0.243 e. The molecule has 1 heterocycles. The largest absolute Gasteiger partial charge is 0.292 e. The zero-order valence-corrected chi connectivity index (χ0v) is 16.8. The van der Waals surface area contributed by atoms with E-state index in [4.69, 9.17) is 5.26 Å². The lowest BCUT2D eigenvalue weighted by Gasteiger charge is -2.44. The Hall–Kier alpha value is -2.20. The lowest BCUT2D eigenvalue weighted by molar-refractivity contribution is 0.0777. The second-order valence-corrected chi connectivity index (χ2v) is 9.39. The maximum atomic E-state index is 12.9. The van der Waals surface area contributed by atoms with Gasteiger partial charge in [-0.15, -0.1) is 0 Å². The zero-order valence-electron chi connectivity index (χ0n) is 16.0. The van der Waals surface area contributed by atoms with E-state index >= 15 is 0 Å². The van der Waals surface area contributed by atoms with Gasteiger partial charge in [-0.05, 0) is 50.6 Å². The van der Waals surface area contributed by atoms with Gasteiger partial charge in [-0.1, -0.05) is 29.8 Å². The number of hydrogen-bond acceptors (Lipinski definition) is 4. The van der Waals surface area contributed by atoms with Crippen LogP contribution in [-0.4, -0.2) is 43.8 Å². The molecule has 0 bridgehead atoms. The Labute approximate surface area is 161 Å². The van der Waals surface area contributed by atoms with Gasteiger partial charge in [0.15, 0.2) is 0 Å². The summed E-state index contributed by atoms with van der Waals surface area (Å²) in [5, 5.41) is 8.97. The van der Waals surface area contributed by atoms with Gasteiger partial charge in [0.2, 0.25) is 10.0 Å². The molecule has 1 aliphatic rings. The molecule has 0 unspecified atom stereocenters. The van der Waals surface area contributed by atoms with Gasteiger partial charge in [0.1, 0.15) is 0 Å². The van der Waals surface area contributed by atoms with E-state index in [9.17, 15) is 8.42 Å². The minimum atomic E-state index is -3.45. The van der Waals surface area contributed by atoms with Crippen LogP contribution in [0.25, 0.3) is 0 Å². The monoisotopic (exact) mass is 383 g/mol. The third kappa shape index (κ3) is 3.91. The summed E-state index contributed by atoms with van der Waals surface area (Å²) in [6, 6.07) is 16.8. The fraction of sp³-hybridized carbons (Fsp3) is 0.381. The summed E-state index contributed by atoms with van der Waals surface area (Å²) in [5.74, 6) is 0. The third-order valence-corrected chi connectivity index (χ3v) is 7.32. The summed E-state index contributed by atoms with van der Waals surface area (Å²) >= 11 is 0. The molecule has 0 N–H and O–H groups in total. The molecule has 2 aromatic carbocycles. The molecule has 2 aromatic rings. The van der Waals surface area contributed by atoms with Crippen molar-refractivity contribution in [2.45, 2.75) is 31.2 Å². The lowest BCUT2D eigenvalue weighted by Crippen LogP contribution is -2.54. The Morgan fingerprint density at radius 2 is 1.48 bits per heavy atom. The highest BCUT2D eigenvalue weighted by atomic mass is 32.2. The third-order valence-electron chi connectivity index (χ3n) is 5.41. The van der Waals surface area contributed by atoms with Gasteiger partial charge in [-0.25, -0.2) is 8.42 Å². The molecule has 0 aromatic heterocycles. The van der Waals surface area contributed by atoms with Crippen LogP contribution in [0.5, 0.6) is 0 Å². The molecule has 142 valence electrons. The highest BCUT2D eigenvalue weighted by Crippen LogP contribution is 2.30. The standard InChI is InChI=1S/C21H25N3O2S/c1-17-4-10-20(11-5-17)27(25,26)24-14-12-23(13-15-24)21(2,3)19-8-6-18(16-22)7-9-19/h4-11H,12-15H2,1-3H3. The fourth-order valence-corrected chi connectivity index (χ4v) is 4.90. The molecule has 0 spiro atoms. The van der Waals surface area contributed by atoms with Crippen molar-refractivity contribution in [2.75, 3.05) is 26.2 Å². The fourth-order valence-electron chi connectivity index (χ4n) is 3.48. The molecule has 0 atom stereocenters. The maximum Gasteiger partial charge on any atom is 0.243 e. The number of rotatable bonds is 4. The van der Waals surface area contributed by atoms with Crippen LogP contribution < -0.4 is 0 Å². The second-order valence-electron chi connectivity index (χ2n) is 7.45. The highest BCUT2D eigenvalue weighted by Gasteiger charge is 2.35. The van der Waals surface area contributed by atoms with Gasteiger partial charge in [-0.3, -0.25) is 4.90 Å². The SMILES string of the molecule is Cc1ccc(S(=O)(=O)N2CCN(C(C)(C)c3ccc(C#N)cc3)CC2)cc1. The lowest BCUT2D eigenvalue weighted by atomic mass is 9.91. The van der Waals surface area contributed by atoms with E-state index in [1.807, 2.05) is 43.3 Å². The number of hydrogen-bond donors (Lipinski definition) is 0. The molecule has 0 aliphatic carbocycles. The molecule has 0 saturated carbocycles. The summed E-state index contributed by atoms with van der Waals surface area (Å²) in [4.78, 5) is 2.66. The molecule has 1 saturated heterocycles. The number of aryl methyl sites for hydroxylation is 1. The summed E-state index contributed by atoms with van der Waals surface area (Å²) in [6.45, 7) is 8.49. The van der Waals surface area contributed by atoms with Crippen LogP contribution >= 0.6 is 0 Å². The van der Waals surface area contributed by atoms with E-state index < -0.39 is 10.0 Å². The Bertz CT molecular complexity index is 934. The minimum absolute atomic E-state index is 0.228. The van der Waals surface area contributed by atoms with Gasteiger partial charge in [0, 0.05) is 31.7 Å². The first-order valence-corrected chi connectivity index (χ1v) is 10.5. The van der Waals surface area contributed by atoms with Crippen molar-refractivity contribution >= 4 is 10.0 Å². The Morgan fingerprint density at radius 1 is 0.926 bits per heavy atom. The normalized spacial score (nSPS) is 16.8. The topological polar surface area (TPSA) is 64.4 Å². The average Bonchev–Trinajstić information content (AvgIpc) is 2.68. The molecule has 1 aliphatic heterocycles. The minimum Gasteiger partial charge on any atom is -0.292 e. The number of nitrogens with zero attached hydrogens (tertiary/aromatic N) is 3. The number of sulfonamides is 1. The first-order valence-electron chi connectivity index (χ1n) is 9.07. The second kappa shape index (κ2) is 7.43. The molecule has 0 amide bonds. The number of nitriles is 1. The van der Waals surface area contributed by atoms with E-state index in [2.05, 4.69) is 24.8 Å². The van der Waals surface area contributed by atoms with Crippen LogP contribution in [0.1, 0.15) is 30.5 Å². The van der Waals surface area contributed by atoms with Crippen LogP contribution in [0, 0.1) is 18.3 Å². The molecule has 3 rings (SSSR count). The molecule has 5 nitrogen and oxygen atoms in total. The molecule has 0 radical (unpaired) electrons. The van der Waals surface area contributed by atoms with Crippen molar-refractivity contribution in [1.82, 2.24) is 9.21 Å². The molecular formula is C21H25N3O2S. The van der Waals surface area contributed by atoms with E-state index in [1.165, 1.54) is 0 Å². The predicted octanol–water partition coefficient (Wildman–Crippen LogP) is 3.11. The Morgan fingerprint density at radius 3 is 2.00 bits per heavy atom. The van der Waals surface area contributed by atoms with Crippen LogP contribution in [-0.2, 0) is 15.6 Å². The number of benzene rings is 2. The maximum absolute atomic E-state index is 12.9. The summed E-state index contributed by atoms with van der Waals surface area (Å²) in [5.41, 5.74) is 2.58. The highest BCUT2D eigenvalue weighted by molar-refractivity contribution is 7.89. The van der Waals surface area contributed by atoms with Gasteiger partial charge < -0.3 is 0 Å². The van der Waals surface area contributed by atoms with Gasteiger partial charge in [0.25, 0.3) is 0 Å². The van der Waals surface area contributed by atoms with Crippen LogP contribution in [0.4, 0.5) is 0 Å². The van der Waals surface area contributed by atoms with Crippen molar-refractivity contribution in [3.05, 3.63) is 65.2 Å². The van der Waals surface area contributed by atoms with Crippen LogP contribution in [0.15, 0.2) is 53.4 Å². The summed E-state index contributed by atoms with van der Waals surface area (Å²) in [6.07, 6.45) is 0. The van der Waals surface area contributed by atoms with E-state index in [1.54, 1.807) is 16.4 Å². The van der Waals surface area contributed by atoms with E-state index in [0.29, 0.717) is 36.6 Å². The predicted molar refractivity (Wildman–Crippen MR) is 106 cm³/mol.